The number of rotatable bonds is 3. The van der Waals surface area contributed by atoms with E-state index in [1.54, 1.807) is 0 Å². The largest absolute Gasteiger partial charge is 0.304 e. The zero-order valence-corrected chi connectivity index (χ0v) is 8.52. The van der Waals surface area contributed by atoms with E-state index in [1.807, 2.05) is 6.92 Å². The molecule has 1 nitrogen and oxygen atoms in total. The van der Waals surface area contributed by atoms with E-state index in [9.17, 15) is 8.78 Å². The van der Waals surface area contributed by atoms with Gasteiger partial charge in [0.1, 0.15) is 0 Å². The summed E-state index contributed by atoms with van der Waals surface area (Å²) in [6.45, 7) is 2.47. The van der Waals surface area contributed by atoms with Crippen LogP contribution < -0.4 is 5.32 Å². The van der Waals surface area contributed by atoms with Crippen molar-refractivity contribution in [3.05, 3.63) is 0 Å². The van der Waals surface area contributed by atoms with Crippen molar-refractivity contribution in [1.82, 2.24) is 5.32 Å². The van der Waals surface area contributed by atoms with Crippen LogP contribution in [0.5, 0.6) is 0 Å². The first-order valence-corrected chi connectivity index (χ1v) is 5.11. The van der Waals surface area contributed by atoms with Crippen molar-refractivity contribution in [1.29, 1.82) is 0 Å². The van der Waals surface area contributed by atoms with E-state index in [-0.39, 0.29) is 24.8 Å². The smallest absolute Gasteiger partial charge is 0.248 e. The van der Waals surface area contributed by atoms with Crippen LogP contribution in [0.2, 0.25) is 0 Å². The van der Waals surface area contributed by atoms with Gasteiger partial charge in [-0.05, 0) is 32.2 Å². The molecule has 1 rings (SSSR count). The lowest BCUT2D eigenvalue weighted by atomic mass is 9.86. The van der Waals surface area contributed by atoms with E-state index < -0.39 is 5.92 Å². The van der Waals surface area contributed by atoms with Gasteiger partial charge >= 0.3 is 0 Å². The van der Waals surface area contributed by atoms with Crippen LogP contribution in [0.4, 0.5) is 8.78 Å². The van der Waals surface area contributed by atoms with E-state index in [0.29, 0.717) is 13.0 Å². The van der Waals surface area contributed by atoms with Gasteiger partial charge in [-0.15, -0.1) is 6.42 Å². The Balaban J connectivity index is 2.28. The number of nitrogens with one attached hydrogen (secondary N) is 1. The molecule has 0 spiro atoms. The Morgan fingerprint density at radius 3 is 2.93 bits per heavy atom. The predicted molar refractivity (Wildman–Crippen MR) is 53.2 cm³/mol. The average Bonchev–Trinajstić information content (AvgIpc) is 2.12. The minimum absolute atomic E-state index is 0.0112. The van der Waals surface area contributed by atoms with E-state index in [2.05, 4.69) is 11.2 Å². The van der Waals surface area contributed by atoms with Crippen molar-refractivity contribution in [2.75, 3.05) is 6.54 Å². The zero-order valence-electron chi connectivity index (χ0n) is 8.52. The molecule has 0 radical (unpaired) electrons. The maximum atomic E-state index is 13.0. The van der Waals surface area contributed by atoms with Crippen LogP contribution in [0.15, 0.2) is 0 Å². The van der Waals surface area contributed by atoms with Crippen LogP contribution in [0, 0.1) is 18.3 Å². The van der Waals surface area contributed by atoms with Gasteiger partial charge in [0, 0.05) is 12.8 Å². The molecule has 1 fully saturated rings. The molecule has 1 aliphatic rings. The molecule has 0 amide bonds. The summed E-state index contributed by atoms with van der Waals surface area (Å²) in [4.78, 5) is 0. The summed E-state index contributed by atoms with van der Waals surface area (Å²) in [5.74, 6) is 0.151. The minimum atomic E-state index is -2.45. The molecule has 3 heteroatoms. The second kappa shape index (κ2) is 4.75. The molecule has 2 unspecified atom stereocenters. The van der Waals surface area contributed by atoms with Crippen molar-refractivity contribution in [2.45, 2.75) is 44.6 Å². The molecule has 1 saturated carbocycles. The van der Waals surface area contributed by atoms with Crippen LogP contribution >= 0.6 is 0 Å². The third-order valence-electron chi connectivity index (χ3n) is 2.70. The van der Waals surface area contributed by atoms with Gasteiger partial charge in [0.2, 0.25) is 5.92 Å². The molecule has 0 aromatic rings. The lowest BCUT2D eigenvalue weighted by molar-refractivity contribution is -0.0520. The number of hydrogen-bond donors (Lipinski definition) is 1. The minimum Gasteiger partial charge on any atom is -0.304 e. The summed E-state index contributed by atoms with van der Waals surface area (Å²) in [7, 11) is 0. The first-order valence-electron chi connectivity index (χ1n) is 5.11. The van der Waals surface area contributed by atoms with Gasteiger partial charge in [-0.1, -0.05) is 5.92 Å². The van der Waals surface area contributed by atoms with Crippen molar-refractivity contribution >= 4 is 0 Å². The fourth-order valence-corrected chi connectivity index (χ4v) is 1.85. The van der Waals surface area contributed by atoms with E-state index in [0.717, 1.165) is 6.42 Å². The van der Waals surface area contributed by atoms with Crippen molar-refractivity contribution in [3.8, 4) is 12.3 Å². The molecule has 2 atom stereocenters. The monoisotopic (exact) mass is 201 g/mol. The molecule has 0 aromatic carbocycles. The van der Waals surface area contributed by atoms with E-state index in [1.165, 1.54) is 0 Å². The first kappa shape index (κ1) is 11.5. The molecule has 1 aliphatic carbocycles. The summed E-state index contributed by atoms with van der Waals surface area (Å²) >= 11 is 0. The number of halogens is 2. The number of terminal acetylenes is 1. The van der Waals surface area contributed by atoms with Gasteiger partial charge in [-0.2, -0.15) is 0 Å². The summed E-state index contributed by atoms with van der Waals surface area (Å²) in [6, 6.07) is -0.0226. The van der Waals surface area contributed by atoms with Gasteiger partial charge in [0.05, 0.1) is 6.04 Å². The molecule has 80 valence electrons. The van der Waals surface area contributed by atoms with Crippen molar-refractivity contribution in [2.24, 2.45) is 5.92 Å². The fraction of sp³-hybridized carbons (Fsp3) is 0.818. The normalized spacial score (nSPS) is 28.0. The Hall–Kier alpha value is -0.620. The summed E-state index contributed by atoms with van der Waals surface area (Å²) < 4.78 is 26.0. The second-order valence-electron chi connectivity index (χ2n) is 4.11. The molecule has 0 bridgehead atoms. The Morgan fingerprint density at radius 1 is 1.64 bits per heavy atom. The Morgan fingerprint density at radius 2 is 2.36 bits per heavy atom. The zero-order chi connectivity index (χ0) is 10.6. The molecule has 0 heterocycles. The quantitative estimate of drug-likeness (QED) is 0.691. The number of alkyl halides is 2. The highest BCUT2D eigenvalue weighted by Crippen LogP contribution is 2.36. The lowest BCUT2D eigenvalue weighted by Crippen LogP contribution is -2.35. The van der Waals surface area contributed by atoms with E-state index >= 15 is 0 Å². The van der Waals surface area contributed by atoms with Gasteiger partial charge in [0.25, 0.3) is 0 Å². The maximum absolute atomic E-state index is 13.0. The predicted octanol–water partition coefficient (Wildman–Crippen LogP) is 2.42. The van der Waals surface area contributed by atoms with E-state index in [4.69, 9.17) is 6.42 Å². The summed E-state index contributed by atoms with van der Waals surface area (Å²) in [6.07, 6.45) is 6.76. The molecule has 0 saturated heterocycles. The standard InChI is InChI=1S/C11H17F2N/c1-3-9(2)14-8-10-5-4-6-11(12,13)7-10/h1,9-10,14H,4-8H2,2H3. The second-order valence-corrected chi connectivity index (χ2v) is 4.11. The summed E-state index contributed by atoms with van der Waals surface area (Å²) in [5.41, 5.74) is 0. The van der Waals surface area contributed by atoms with Crippen LogP contribution in [0.25, 0.3) is 0 Å². The molecule has 0 aliphatic heterocycles. The Bertz CT molecular complexity index is 220. The highest BCUT2D eigenvalue weighted by molar-refractivity contribution is 4.96. The average molecular weight is 201 g/mol. The Kier molecular flexibility index (Phi) is 3.88. The SMILES string of the molecule is C#CC(C)NCC1CCCC(F)(F)C1. The third kappa shape index (κ3) is 3.63. The van der Waals surface area contributed by atoms with Crippen LogP contribution in [-0.2, 0) is 0 Å². The number of hydrogen-bond acceptors (Lipinski definition) is 1. The van der Waals surface area contributed by atoms with Gasteiger partial charge < -0.3 is 5.32 Å². The van der Waals surface area contributed by atoms with Crippen molar-refractivity contribution < 1.29 is 8.78 Å². The van der Waals surface area contributed by atoms with Gasteiger partial charge in [-0.3, -0.25) is 0 Å². The topological polar surface area (TPSA) is 12.0 Å². The highest BCUT2D eigenvalue weighted by atomic mass is 19.3. The van der Waals surface area contributed by atoms with Gasteiger partial charge in [-0.25, -0.2) is 8.78 Å². The Labute approximate surface area is 84.3 Å². The molecule has 14 heavy (non-hydrogen) atoms. The summed E-state index contributed by atoms with van der Waals surface area (Å²) in [5, 5.41) is 3.07. The maximum Gasteiger partial charge on any atom is 0.248 e. The third-order valence-corrected chi connectivity index (χ3v) is 2.70. The molecule has 0 aromatic heterocycles. The van der Waals surface area contributed by atoms with Crippen LogP contribution in [0.1, 0.15) is 32.6 Å². The highest BCUT2D eigenvalue weighted by Gasteiger charge is 2.35. The van der Waals surface area contributed by atoms with Crippen molar-refractivity contribution in [3.63, 3.8) is 0 Å². The molecule has 1 N–H and O–H groups in total. The molecular formula is C11H17F2N. The fourth-order valence-electron chi connectivity index (χ4n) is 1.85. The molecular weight excluding hydrogens is 184 g/mol. The van der Waals surface area contributed by atoms with Crippen LogP contribution in [-0.4, -0.2) is 18.5 Å². The van der Waals surface area contributed by atoms with Crippen LogP contribution in [0.3, 0.4) is 0 Å². The van der Waals surface area contributed by atoms with Gasteiger partial charge in [0.15, 0.2) is 0 Å². The lowest BCUT2D eigenvalue weighted by Gasteiger charge is -2.29. The first-order chi connectivity index (χ1) is 6.53.